The van der Waals surface area contributed by atoms with E-state index in [1.807, 2.05) is 42.5 Å². The normalized spacial score (nSPS) is 20.1. The fourth-order valence-corrected chi connectivity index (χ4v) is 5.39. The largest absolute Gasteiger partial charge is 0.493 e. The number of hydrogen-bond donors (Lipinski definition) is 0. The van der Waals surface area contributed by atoms with Gasteiger partial charge in [0, 0.05) is 42.7 Å². The summed E-state index contributed by atoms with van der Waals surface area (Å²) in [7, 11) is 0. The first-order chi connectivity index (χ1) is 16.6. The van der Waals surface area contributed by atoms with Crippen molar-refractivity contribution in [3.05, 3.63) is 93.0 Å². The van der Waals surface area contributed by atoms with Crippen LogP contribution in [-0.4, -0.2) is 31.1 Å². The van der Waals surface area contributed by atoms with Gasteiger partial charge in [-0.25, -0.2) is 0 Å². The van der Waals surface area contributed by atoms with Gasteiger partial charge in [-0.15, -0.1) is 0 Å². The summed E-state index contributed by atoms with van der Waals surface area (Å²) >= 11 is 12.8. The van der Waals surface area contributed by atoms with Crippen LogP contribution in [-0.2, 0) is 0 Å². The Balaban J connectivity index is 1.49. The maximum absolute atomic E-state index is 9.27. The summed E-state index contributed by atoms with van der Waals surface area (Å²) in [4.78, 5) is 4.82. The third kappa shape index (κ3) is 4.31. The van der Waals surface area contributed by atoms with Gasteiger partial charge in [-0.1, -0.05) is 41.4 Å². The Morgan fingerprint density at radius 2 is 1.59 bits per heavy atom. The third-order valence-corrected chi connectivity index (χ3v) is 7.20. The molecule has 7 heteroatoms. The molecule has 0 spiro atoms. The number of nitrogens with zero attached hydrogens (tertiary/aromatic N) is 4. The van der Waals surface area contributed by atoms with Crippen LogP contribution < -0.4 is 9.64 Å². The summed E-state index contributed by atoms with van der Waals surface area (Å²) in [5.74, 6) is 0.802. The van der Waals surface area contributed by atoms with Crippen molar-refractivity contribution in [3.63, 3.8) is 0 Å². The second-order valence-electron chi connectivity index (χ2n) is 8.55. The molecule has 2 heterocycles. The van der Waals surface area contributed by atoms with Gasteiger partial charge in [0.05, 0.1) is 46.6 Å². The lowest BCUT2D eigenvalue weighted by Gasteiger charge is -2.47. The molecule has 170 valence electrons. The van der Waals surface area contributed by atoms with E-state index >= 15 is 0 Å². The molecule has 34 heavy (non-hydrogen) atoms. The Morgan fingerprint density at radius 1 is 0.853 bits per heavy atom. The zero-order valence-electron chi connectivity index (χ0n) is 18.4. The van der Waals surface area contributed by atoms with Crippen molar-refractivity contribution in [2.24, 2.45) is 0 Å². The summed E-state index contributed by atoms with van der Waals surface area (Å²) in [5.41, 5.74) is 4.36. The zero-order chi connectivity index (χ0) is 23.7. The monoisotopic (exact) mass is 488 g/mol. The molecule has 1 saturated heterocycles. The quantitative estimate of drug-likeness (QED) is 0.443. The number of hydrogen-bond acceptors (Lipinski definition) is 5. The standard InChI is InChI=1S/C27H22Cl2N4O/c28-21-5-3-20(4-6-21)26-17-32(10-11-33(26)25-8-2-18(15-30)13-23(25)29)24-9-12-34-27-14-19(16-31)1-7-22(24)27/h1-8,13-14,24,26H,9-12,17H2/t24?,26-/m0/s1. The molecule has 0 amide bonds. The van der Waals surface area contributed by atoms with Crippen molar-refractivity contribution in [2.75, 3.05) is 31.1 Å². The van der Waals surface area contributed by atoms with E-state index < -0.39 is 0 Å². The van der Waals surface area contributed by atoms with Gasteiger partial charge in [0.15, 0.2) is 0 Å². The average molecular weight is 489 g/mol. The van der Waals surface area contributed by atoms with Gasteiger partial charge < -0.3 is 9.64 Å². The lowest BCUT2D eigenvalue weighted by atomic mass is 9.94. The van der Waals surface area contributed by atoms with Gasteiger partial charge >= 0.3 is 0 Å². The van der Waals surface area contributed by atoms with E-state index in [0.29, 0.717) is 27.8 Å². The third-order valence-electron chi connectivity index (χ3n) is 6.64. The minimum absolute atomic E-state index is 0.0566. The first-order valence-corrected chi connectivity index (χ1v) is 12.0. The number of benzene rings is 3. The molecule has 0 aromatic heterocycles. The van der Waals surface area contributed by atoms with Crippen molar-refractivity contribution >= 4 is 28.9 Å². The number of nitriles is 2. The highest BCUT2D eigenvalue weighted by molar-refractivity contribution is 6.33. The van der Waals surface area contributed by atoms with E-state index in [0.717, 1.165) is 48.6 Å². The molecule has 0 aliphatic carbocycles. The summed E-state index contributed by atoms with van der Waals surface area (Å²) in [5, 5.41) is 19.8. The van der Waals surface area contributed by atoms with Crippen molar-refractivity contribution in [2.45, 2.75) is 18.5 Å². The Labute approximate surface area is 209 Å². The van der Waals surface area contributed by atoms with Crippen LogP contribution in [0.15, 0.2) is 60.7 Å². The molecule has 0 N–H and O–H groups in total. The minimum Gasteiger partial charge on any atom is -0.493 e. The molecule has 0 saturated carbocycles. The van der Waals surface area contributed by atoms with Gasteiger partial charge in [0.25, 0.3) is 0 Å². The van der Waals surface area contributed by atoms with E-state index in [2.05, 4.69) is 34.1 Å². The van der Waals surface area contributed by atoms with Gasteiger partial charge in [-0.05, 0) is 48.0 Å². The van der Waals surface area contributed by atoms with E-state index in [9.17, 15) is 10.5 Å². The molecule has 1 fully saturated rings. The van der Waals surface area contributed by atoms with Crippen molar-refractivity contribution < 1.29 is 4.74 Å². The SMILES string of the molecule is N#Cc1ccc(N2CCN(C3CCOc4cc(C#N)ccc43)C[C@H]2c2ccc(Cl)cc2)c(Cl)c1. The molecule has 1 unspecified atom stereocenters. The summed E-state index contributed by atoms with van der Waals surface area (Å²) in [6.45, 7) is 3.05. The van der Waals surface area contributed by atoms with Crippen molar-refractivity contribution in [1.29, 1.82) is 10.5 Å². The fraction of sp³-hybridized carbons (Fsp3) is 0.259. The Kier molecular flexibility index (Phi) is 6.35. The number of piperazine rings is 1. The van der Waals surface area contributed by atoms with Crippen molar-refractivity contribution in [3.8, 4) is 17.9 Å². The summed E-state index contributed by atoms with van der Waals surface area (Å²) < 4.78 is 5.89. The highest BCUT2D eigenvalue weighted by atomic mass is 35.5. The topological polar surface area (TPSA) is 63.3 Å². The fourth-order valence-electron chi connectivity index (χ4n) is 4.97. The molecule has 2 atom stereocenters. The van der Waals surface area contributed by atoms with E-state index in [4.69, 9.17) is 27.9 Å². The molecular weight excluding hydrogens is 467 g/mol. The van der Waals surface area contributed by atoms with Crippen LogP contribution in [0.1, 0.15) is 40.8 Å². The lowest BCUT2D eigenvalue weighted by molar-refractivity contribution is 0.117. The predicted octanol–water partition coefficient (Wildman–Crippen LogP) is 6.12. The first kappa shape index (κ1) is 22.6. The number of ether oxygens (including phenoxy) is 1. The first-order valence-electron chi connectivity index (χ1n) is 11.2. The van der Waals surface area contributed by atoms with Gasteiger partial charge in [0.1, 0.15) is 5.75 Å². The molecule has 2 aliphatic heterocycles. The average Bonchev–Trinajstić information content (AvgIpc) is 2.88. The number of halogens is 2. The van der Waals surface area contributed by atoms with E-state index in [-0.39, 0.29) is 12.1 Å². The van der Waals surface area contributed by atoms with Crippen LogP contribution >= 0.6 is 23.2 Å². The lowest BCUT2D eigenvalue weighted by Crippen LogP contribution is -2.50. The van der Waals surface area contributed by atoms with E-state index in [1.165, 1.54) is 0 Å². The second-order valence-corrected chi connectivity index (χ2v) is 9.39. The summed E-state index contributed by atoms with van der Waals surface area (Å²) in [6, 6.07) is 23.8. The zero-order valence-corrected chi connectivity index (χ0v) is 19.9. The Hall–Kier alpha value is -3.22. The Bertz CT molecular complexity index is 1300. The van der Waals surface area contributed by atoms with E-state index in [1.54, 1.807) is 6.07 Å². The molecule has 2 aliphatic rings. The molecule has 3 aromatic carbocycles. The molecule has 5 rings (SSSR count). The number of anilines is 1. The van der Waals surface area contributed by atoms with Crippen LogP contribution in [0.25, 0.3) is 0 Å². The Morgan fingerprint density at radius 3 is 2.32 bits per heavy atom. The predicted molar refractivity (Wildman–Crippen MR) is 133 cm³/mol. The van der Waals surface area contributed by atoms with Gasteiger partial charge in [0.2, 0.25) is 0 Å². The second kappa shape index (κ2) is 9.57. The molecule has 5 nitrogen and oxygen atoms in total. The van der Waals surface area contributed by atoms with Crippen LogP contribution in [0.3, 0.4) is 0 Å². The maximum Gasteiger partial charge on any atom is 0.125 e. The van der Waals surface area contributed by atoms with Gasteiger partial charge in [-0.2, -0.15) is 10.5 Å². The maximum atomic E-state index is 9.27. The van der Waals surface area contributed by atoms with Crippen LogP contribution in [0.2, 0.25) is 10.0 Å². The van der Waals surface area contributed by atoms with Crippen LogP contribution in [0.4, 0.5) is 5.69 Å². The molecule has 3 aromatic rings. The number of fused-ring (bicyclic) bond motifs is 1. The van der Waals surface area contributed by atoms with Crippen LogP contribution in [0.5, 0.6) is 5.75 Å². The highest BCUT2D eigenvalue weighted by Crippen LogP contribution is 2.41. The van der Waals surface area contributed by atoms with Gasteiger partial charge in [-0.3, -0.25) is 4.90 Å². The van der Waals surface area contributed by atoms with Crippen LogP contribution in [0, 0.1) is 22.7 Å². The number of rotatable bonds is 3. The molecule has 0 radical (unpaired) electrons. The minimum atomic E-state index is 0.0566. The highest BCUT2D eigenvalue weighted by Gasteiger charge is 2.35. The molecular formula is C27H22Cl2N4O. The smallest absolute Gasteiger partial charge is 0.125 e. The molecule has 0 bridgehead atoms. The summed E-state index contributed by atoms with van der Waals surface area (Å²) in [6.07, 6.45) is 0.893. The van der Waals surface area contributed by atoms with Crippen molar-refractivity contribution in [1.82, 2.24) is 4.90 Å².